The molecule has 5 nitrogen and oxygen atoms in total. The predicted molar refractivity (Wildman–Crippen MR) is 131 cm³/mol. The van der Waals surface area contributed by atoms with Crippen molar-refractivity contribution in [3.05, 3.63) is 0 Å². The van der Waals surface area contributed by atoms with Crippen LogP contribution in [0.3, 0.4) is 0 Å². The smallest absolute Gasteiger partial charge is 0.222 e. The topological polar surface area (TPSA) is 92.4 Å². The van der Waals surface area contributed by atoms with Crippen LogP contribution in [-0.4, -0.2) is 22.6 Å². The van der Waals surface area contributed by atoms with E-state index in [0.29, 0.717) is 32.1 Å². The van der Waals surface area contributed by atoms with E-state index in [1.807, 2.05) is 0 Å². The fourth-order valence-corrected chi connectivity index (χ4v) is 4.03. The Labute approximate surface area is 192 Å². The van der Waals surface area contributed by atoms with Crippen LogP contribution in [-0.2, 0) is 9.59 Å². The number of aliphatic hydroxyl groups is 1. The van der Waals surface area contributed by atoms with Crippen LogP contribution in [0.15, 0.2) is 0 Å². The average molecular weight is 441 g/mol. The van der Waals surface area contributed by atoms with E-state index in [-0.39, 0.29) is 11.8 Å². The summed E-state index contributed by atoms with van der Waals surface area (Å²) in [6, 6.07) is 0. The first-order valence-corrected chi connectivity index (χ1v) is 13.2. The molecule has 0 saturated heterocycles. The lowest BCUT2D eigenvalue weighted by atomic mass is 10.0. The molecule has 0 aromatic carbocycles. The van der Waals surface area contributed by atoms with Gasteiger partial charge in [0, 0.05) is 12.8 Å². The fourth-order valence-electron chi connectivity index (χ4n) is 4.03. The van der Waals surface area contributed by atoms with Crippen LogP contribution < -0.4 is 11.1 Å². The maximum absolute atomic E-state index is 11.9. The van der Waals surface area contributed by atoms with Gasteiger partial charge in [-0.25, -0.2) is 0 Å². The van der Waals surface area contributed by atoms with Crippen molar-refractivity contribution in [2.75, 3.05) is 0 Å². The number of unbranched alkanes of at least 4 members (excludes halogenated alkanes) is 16. The standard InChI is InChI=1S/C26H52N2O3/c1-3-4-5-6-7-8-9-10-11-12-13-14-15-16-17-20-23-26(2,31)28-25(30)22-19-18-21-24(27)29/h31H,3-23H2,1-2H3,(H2,27,29)(H,28,30). The van der Waals surface area contributed by atoms with Crippen LogP contribution >= 0.6 is 0 Å². The van der Waals surface area contributed by atoms with Gasteiger partial charge in [0.25, 0.3) is 0 Å². The summed E-state index contributed by atoms with van der Waals surface area (Å²) in [4.78, 5) is 22.6. The molecule has 1 unspecified atom stereocenters. The minimum absolute atomic E-state index is 0.161. The van der Waals surface area contributed by atoms with Crippen LogP contribution in [0.25, 0.3) is 0 Å². The molecule has 1 atom stereocenters. The summed E-state index contributed by atoms with van der Waals surface area (Å²) in [5.74, 6) is -0.498. The zero-order valence-corrected chi connectivity index (χ0v) is 20.7. The Morgan fingerprint density at radius 1 is 0.677 bits per heavy atom. The van der Waals surface area contributed by atoms with Gasteiger partial charge in [-0.05, 0) is 32.6 Å². The molecule has 2 amide bonds. The molecule has 4 N–H and O–H groups in total. The quantitative estimate of drug-likeness (QED) is 0.125. The largest absolute Gasteiger partial charge is 0.371 e. The Kier molecular flexibility index (Phi) is 20.0. The minimum atomic E-state index is -1.14. The molecule has 0 spiro atoms. The molecule has 0 bridgehead atoms. The Morgan fingerprint density at radius 3 is 1.48 bits per heavy atom. The second kappa shape index (κ2) is 20.8. The van der Waals surface area contributed by atoms with Gasteiger partial charge < -0.3 is 16.2 Å². The van der Waals surface area contributed by atoms with E-state index in [1.54, 1.807) is 6.92 Å². The van der Waals surface area contributed by atoms with Crippen LogP contribution in [0.2, 0.25) is 0 Å². The lowest BCUT2D eigenvalue weighted by Crippen LogP contribution is -2.45. The summed E-state index contributed by atoms with van der Waals surface area (Å²) in [6.45, 7) is 3.94. The van der Waals surface area contributed by atoms with Crippen molar-refractivity contribution < 1.29 is 14.7 Å². The van der Waals surface area contributed by atoms with Crippen LogP contribution in [0.5, 0.6) is 0 Å². The molecule has 0 aliphatic carbocycles. The monoisotopic (exact) mass is 440 g/mol. The number of hydrogen-bond donors (Lipinski definition) is 3. The highest BCUT2D eigenvalue weighted by Gasteiger charge is 2.21. The Hall–Kier alpha value is -1.10. The van der Waals surface area contributed by atoms with Crippen molar-refractivity contribution in [2.24, 2.45) is 5.73 Å². The first-order valence-electron chi connectivity index (χ1n) is 13.2. The molecule has 0 aromatic rings. The highest BCUT2D eigenvalue weighted by atomic mass is 16.3. The maximum Gasteiger partial charge on any atom is 0.222 e. The van der Waals surface area contributed by atoms with E-state index in [9.17, 15) is 14.7 Å². The minimum Gasteiger partial charge on any atom is -0.371 e. The highest BCUT2D eigenvalue weighted by Crippen LogP contribution is 2.16. The molecule has 0 fully saturated rings. The van der Waals surface area contributed by atoms with Crippen molar-refractivity contribution >= 4 is 11.8 Å². The van der Waals surface area contributed by atoms with E-state index >= 15 is 0 Å². The Bertz CT molecular complexity index is 438. The van der Waals surface area contributed by atoms with Gasteiger partial charge in [0.2, 0.25) is 11.8 Å². The molecule has 5 heteroatoms. The van der Waals surface area contributed by atoms with Crippen LogP contribution in [0, 0.1) is 0 Å². The van der Waals surface area contributed by atoms with Gasteiger partial charge in [-0.15, -0.1) is 0 Å². The number of amides is 2. The molecule has 0 radical (unpaired) electrons. The first kappa shape index (κ1) is 29.9. The number of primary amides is 1. The molecular weight excluding hydrogens is 388 g/mol. The highest BCUT2D eigenvalue weighted by molar-refractivity contribution is 5.76. The number of carbonyl (C=O) groups is 2. The molecule has 0 aliphatic rings. The van der Waals surface area contributed by atoms with Crippen LogP contribution in [0.1, 0.15) is 149 Å². The molecule has 0 heterocycles. The summed E-state index contributed by atoms with van der Waals surface area (Å²) in [6.07, 6.45) is 23.6. The summed E-state index contributed by atoms with van der Waals surface area (Å²) in [5, 5.41) is 13.0. The molecule has 184 valence electrons. The average Bonchev–Trinajstić information content (AvgIpc) is 2.70. The summed E-state index contributed by atoms with van der Waals surface area (Å²) in [7, 11) is 0. The Morgan fingerprint density at radius 2 is 1.06 bits per heavy atom. The van der Waals surface area contributed by atoms with Gasteiger partial charge in [0.05, 0.1) is 0 Å². The zero-order valence-electron chi connectivity index (χ0n) is 20.7. The third-order valence-electron chi connectivity index (χ3n) is 6.00. The van der Waals surface area contributed by atoms with E-state index < -0.39 is 5.72 Å². The number of carbonyl (C=O) groups excluding carboxylic acids is 2. The second-order valence-corrected chi connectivity index (χ2v) is 9.55. The first-order chi connectivity index (χ1) is 14.9. The van der Waals surface area contributed by atoms with E-state index in [1.165, 1.54) is 89.9 Å². The van der Waals surface area contributed by atoms with E-state index in [0.717, 1.165) is 12.8 Å². The third-order valence-corrected chi connectivity index (χ3v) is 6.00. The number of hydrogen-bond acceptors (Lipinski definition) is 3. The molecule has 0 rings (SSSR count). The number of rotatable bonds is 23. The van der Waals surface area contributed by atoms with Crippen molar-refractivity contribution in [3.8, 4) is 0 Å². The molecule has 0 aliphatic heterocycles. The van der Waals surface area contributed by atoms with Gasteiger partial charge >= 0.3 is 0 Å². The SMILES string of the molecule is CCCCCCCCCCCCCCCCCCC(C)(O)NC(=O)CCCCC(N)=O. The van der Waals surface area contributed by atoms with Gasteiger partial charge in [0.15, 0.2) is 0 Å². The van der Waals surface area contributed by atoms with E-state index in [4.69, 9.17) is 5.73 Å². The molecule has 31 heavy (non-hydrogen) atoms. The fraction of sp³-hybridized carbons (Fsp3) is 0.923. The van der Waals surface area contributed by atoms with Crippen molar-refractivity contribution in [3.63, 3.8) is 0 Å². The summed E-state index contributed by atoms with van der Waals surface area (Å²) in [5.41, 5.74) is 3.94. The molecule has 0 aromatic heterocycles. The van der Waals surface area contributed by atoms with Gasteiger partial charge in [0.1, 0.15) is 5.72 Å². The lowest BCUT2D eigenvalue weighted by molar-refractivity contribution is -0.128. The maximum atomic E-state index is 11.9. The molecule has 0 saturated carbocycles. The number of nitrogens with one attached hydrogen (secondary N) is 1. The van der Waals surface area contributed by atoms with Crippen molar-refractivity contribution in [1.29, 1.82) is 0 Å². The van der Waals surface area contributed by atoms with Gasteiger partial charge in [-0.3, -0.25) is 9.59 Å². The second-order valence-electron chi connectivity index (χ2n) is 9.55. The predicted octanol–water partition coefficient (Wildman–Crippen LogP) is 6.51. The van der Waals surface area contributed by atoms with Crippen molar-refractivity contribution in [1.82, 2.24) is 5.32 Å². The summed E-state index contributed by atoms with van der Waals surface area (Å²) < 4.78 is 0. The normalized spacial score (nSPS) is 13.1. The summed E-state index contributed by atoms with van der Waals surface area (Å²) >= 11 is 0. The van der Waals surface area contributed by atoms with Crippen molar-refractivity contribution in [2.45, 2.75) is 154 Å². The van der Waals surface area contributed by atoms with Crippen LogP contribution in [0.4, 0.5) is 0 Å². The van der Waals surface area contributed by atoms with Gasteiger partial charge in [-0.2, -0.15) is 0 Å². The van der Waals surface area contributed by atoms with Gasteiger partial charge in [-0.1, -0.05) is 103 Å². The van der Waals surface area contributed by atoms with E-state index in [2.05, 4.69) is 12.2 Å². The third kappa shape index (κ3) is 23.4. The molecular formula is C26H52N2O3. The lowest BCUT2D eigenvalue weighted by Gasteiger charge is -2.24. The Balaban J connectivity index is 3.41. The zero-order chi connectivity index (χ0) is 23.2. The number of nitrogens with two attached hydrogens (primary N) is 1.